The Kier molecular flexibility index (Phi) is 4.89. The Balaban J connectivity index is 2.42. The van der Waals surface area contributed by atoms with Crippen LogP contribution in [0.2, 0.25) is 0 Å². The predicted octanol–water partition coefficient (Wildman–Crippen LogP) is 3.21. The third-order valence-corrected chi connectivity index (χ3v) is 3.26. The summed E-state index contributed by atoms with van der Waals surface area (Å²) in [5.41, 5.74) is 7.38. The maximum absolute atomic E-state index is 5.99. The SMILES string of the molecule is CC(C)C(N)CCc1ccc(I)cc1. The molecule has 0 aliphatic carbocycles. The van der Waals surface area contributed by atoms with E-state index in [1.54, 1.807) is 0 Å². The summed E-state index contributed by atoms with van der Waals surface area (Å²) in [4.78, 5) is 0. The molecule has 0 aromatic heterocycles. The average molecular weight is 303 g/mol. The zero-order chi connectivity index (χ0) is 10.6. The molecule has 0 fully saturated rings. The van der Waals surface area contributed by atoms with Gasteiger partial charge in [0.05, 0.1) is 0 Å². The smallest absolute Gasteiger partial charge is 0.0130 e. The summed E-state index contributed by atoms with van der Waals surface area (Å²) in [5.74, 6) is 0.582. The van der Waals surface area contributed by atoms with Gasteiger partial charge in [-0.3, -0.25) is 0 Å². The molecular weight excluding hydrogens is 285 g/mol. The lowest BCUT2D eigenvalue weighted by Crippen LogP contribution is -2.26. The summed E-state index contributed by atoms with van der Waals surface area (Å²) in [7, 11) is 0. The van der Waals surface area contributed by atoms with Gasteiger partial charge in [0.1, 0.15) is 0 Å². The molecule has 1 rings (SSSR count). The van der Waals surface area contributed by atoms with Crippen LogP contribution in [0.5, 0.6) is 0 Å². The van der Waals surface area contributed by atoms with Gasteiger partial charge in [0.15, 0.2) is 0 Å². The summed E-state index contributed by atoms with van der Waals surface area (Å²) in [6.07, 6.45) is 2.18. The molecule has 2 N–H and O–H groups in total. The van der Waals surface area contributed by atoms with Gasteiger partial charge >= 0.3 is 0 Å². The van der Waals surface area contributed by atoms with Gasteiger partial charge in [0.2, 0.25) is 0 Å². The number of rotatable bonds is 4. The molecule has 0 aliphatic rings. The van der Waals surface area contributed by atoms with Crippen molar-refractivity contribution in [3.63, 3.8) is 0 Å². The molecule has 1 aromatic rings. The predicted molar refractivity (Wildman–Crippen MR) is 70.3 cm³/mol. The molecule has 14 heavy (non-hydrogen) atoms. The minimum Gasteiger partial charge on any atom is -0.327 e. The molecule has 0 bridgehead atoms. The molecule has 1 unspecified atom stereocenters. The van der Waals surface area contributed by atoms with Crippen LogP contribution in [0.3, 0.4) is 0 Å². The molecule has 1 atom stereocenters. The summed E-state index contributed by atoms with van der Waals surface area (Å²) >= 11 is 2.32. The number of benzene rings is 1. The highest BCUT2D eigenvalue weighted by Crippen LogP contribution is 2.11. The maximum atomic E-state index is 5.99. The topological polar surface area (TPSA) is 26.0 Å². The number of halogens is 1. The third-order valence-electron chi connectivity index (χ3n) is 2.54. The van der Waals surface area contributed by atoms with Crippen LogP contribution >= 0.6 is 22.6 Å². The molecule has 0 saturated carbocycles. The molecular formula is C12H18IN. The summed E-state index contributed by atoms with van der Waals surface area (Å²) in [6.45, 7) is 4.36. The van der Waals surface area contributed by atoms with Crippen molar-refractivity contribution in [2.24, 2.45) is 11.7 Å². The maximum Gasteiger partial charge on any atom is 0.0130 e. The molecule has 0 amide bonds. The first-order valence-corrected chi connectivity index (χ1v) is 6.17. The fourth-order valence-electron chi connectivity index (χ4n) is 1.32. The summed E-state index contributed by atoms with van der Waals surface area (Å²) in [5, 5.41) is 0. The van der Waals surface area contributed by atoms with Gasteiger partial charge in [-0.25, -0.2) is 0 Å². The Morgan fingerprint density at radius 3 is 2.29 bits per heavy atom. The number of hydrogen-bond acceptors (Lipinski definition) is 1. The minimum atomic E-state index is 0.328. The Labute approximate surface area is 100 Å². The summed E-state index contributed by atoms with van der Waals surface area (Å²) in [6, 6.07) is 9.01. The normalized spacial score (nSPS) is 13.2. The fraction of sp³-hybridized carbons (Fsp3) is 0.500. The average Bonchev–Trinajstić information content (AvgIpc) is 2.16. The van der Waals surface area contributed by atoms with Crippen LogP contribution in [0, 0.1) is 9.49 Å². The number of aryl methyl sites for hydroxylation is 1. The highest BCUT2D eigenvalue weighted by atomic mass is 127. The van der Waals surface area contributed by atoms with E-state index in [0.29, 0.717) is 12.0 Å². The molecule has 0 heterocycles. The highest BCUT2D eigenvalue weighted by molar-refractivity contribution is 14.1. The van der Waals surface area contributed by atoms with Gasteiger partial charge in [0.25, 0.3) is 0 Å². The van der Waals surface area contributed by atoms with Gasteiger partial charge in [-0.15, -0.1) is 0 Å². The van der Waals surface area contributed by atoms with Crippen LogP contribution in [0.15, 0.2) is 24.3 Å². The second-order valence-electron chi connectivity index (χ2n) is 4.07. The van der Waals surface area contributed by atoms with Crippen molar-refractivity contribution in [2.75, 3.05) is 0 Å². The van der Waals surface area contributed by atoms with Gasteiger partial charge < -0.3 is 5.73 Å². The lowest BCUT2D eigenvalue weighted by molar-refractivity contribution is 0.464. The van der Waals surface area contributed by atoms with Crippen molar-refractivity contribution >= 4 is 22.6 Å². The monoisotopic (exact) mass is 303 g/mol. The molecule has 0 saturated heterocycles. The van der Waals surface area contributed by atoms with Crippen molar-refractivity contribution in [1.29, 1.82) is 0 Å². The van der Waals surface area contributed by atoms with Crippen LogP contribution in [-0.2, 0) is 6.42 Å². The van der Waals surface area contributed by atoms with E-state index in [1.807, 2.05) is 0 Å². The number of hydrogen-bond donors (Lipinski definition) is 1. The second-order valence-corrected chi connectivity index (χ2v) is 5.32. The van der Waals surface area contributed by atoms with E-state index in [1.165, 1.54) is 9.13 Å². The van der Waals surface area contributed by atoms with Crippen molar-refractivity contribution in [3.05, 3.63) is 33.4 Å². The standard InChI is InChI=1S/C12H18IN/c1-9(2)12(14)8-5-10-3-6-11(13)7-4-10/h3-4,6-7,9,12H,5,8,14H2,1-2H3. The van der Waals surface area contributed by atoms with E-state index in [9.17, 15) is 0 Å². The van der Waals surface area contributed by atoms with Crippen LogP contribution in [0.25, 0.3) is 0 Å². The first kappa shape index (κ1) is 12.0. The van der Waals surface area contributed by atoms with E-state index in [-0.39, 0.29) is 0 Å². The van der Waals surface area contributed by atoms with Gasteiger partial charge in [-0.1, -0.05) is 26.0 Å². The van der Waals surface area contributed by atoms with Crippen molar-refractivity contribution in [3.8, 4) is 0 Å². The quantitative estimate of drug-likeness (QED) is 0.849. The van der Waals surface area contributed by atoms with Crippen LogP contribution in [0.4, 0.5) is 0 Å². The van der Waals surface area contributed by atoms with Crippen molar-refractivity contribution in [2.45, 2.75) is 32.7 Å². The minimum absolute atomic E-state index is 0.328. The van der Waals surface area contributed by atoms with Gasteiger partial charge in [-0.05, 0) is 59.0 Å². The van der Waals surface area contributed by atoms with E-state index in [0.717, 1.165) is 12.8 Å². The van der Waals surface area contributed by atoms with Gasteiger partial charge in [-0.2, -0.15) is 0 Å². The zero-order valence-electron chi connectivity index (χ0n) is 8.83. The van der Waals surface area contributed by atoms with E-state index < -0.39 is 0 Å². The molecule has 78 valence electrons. The largest absolute Gasteiger partial charge is 0.327 e. The molecule has 1 nitrogen and oxygen atoms in total. The second kappa shape index (κ2) is 5.71. The van der Waals surface area contributed by atoms with E-state index in [4.69, 9.17) is 5.73 Å². The molecule has 1 aromatic carbocycles. The Hall–Kier alpha value is -0.0900. The molecule has 2 heteroatoms. The molecule has 0 spiro atoms. The van der Waals surface area contributed by atoms with E-state index in [2.05, 4.69) is 60.7 Å². The van der Waals surface area contributed by atoms with Crippen molar-refractivity contribution in [1.82, 2.24) is 0 Å². The Bertz CT molecular complexity index is 266. The molecule has 0 aliphatic heterocycles. The Morgan fingerprint density at radius 1 is 1.21 bits per heavy atom. The van der Waals surface area contributed by atoms with Crippen LogP contribution in [-0.4, -0.2) is 6.04 Å². The lowest BCUT2D eigenvalue weighted by Gasteiger charge is -2.15. The van der Waals surface area contributed by atoms with Crippen LogP contribution in [0.1, 0.15) is 25.8 Å². The third kappa shape index (κ3) is 3.96. The lowest BCUT2D eigenvalue weighted by atomic mass is 9.98. The summed E-state index contributed by atoms with van der Waals surface area (Å²) < 4.78 is 1.29. The highest BCUT2D eigenvalue weighted by Gasteiger charge is 2.06. The Morgan fingerprint density at radius 2 is 1.79 bits per heavy atom. The van der Waals surface area contributed by atoms with Gasteiger partial charge in [0, 0.05) is 9.61 Å². The zero-order valence-corrected chi connectivity index (χ0v) is 11.0. The first-order valence-electron chi connectivity index (χ1n) is 5.09. The van der Waals surface area contributed by atoms with E-state index >= 15 is 0 Å². The van der Waals surface area contributed by atoms with Crippen LogP contribution < -0.4 is 5.73 Å². The first-order chi connectivity index (χ1) is 6.59. The molecule has 0 radical (unpaired) electrons. The van der Waals surface area contributed by atoms with Crippen molar-refractivity contribution < 1.29 is 0 Å². The fourth-order valence-corrected chi connectivity index (χ4v) is 1.68. The number of nitrogens with two attached hydrogens (primary N) is 1.